The second kappa shape index (κ2) is 7.98. The molecule has 136 valence electrons. The summed E-state index contributed by atoms with van der Waals surface area (Å²) in [5.41, 5.74) is 10.3. The van der Waals surface area contributed by atoms with Crippen LogP contribution in [0.1, 0.15) is 50.4 Å². The summed E-state index contributed by atoms with van der Waals surface area (Å²) in [6.07, 6.45) is 0. The topological polar surface area (TPSA) is 18.5 Å². The first-order valence-corrected chi connectivity index (χ1v) is 10.2. The molecular formula is C22H29IO2. The van der Waals surface area contributed by atoms with E-state index in [-0.39, 0.29) is 0 Å². The highest BCUT2D eigenvalue weighted by atomic mass is 127. The smallest absolute Gasteiger partial charge is 0.124 e. The van der Waals surface area contributed by atoms with E-state index in [1.165, 1.54) is 44.5 Å². The first-order chi connectivity index (χ1) is 11.8. The van der Waals surface area contributed by atoms with Gasteiger partial charge in [0.05, 0.1) is 14.2 Å². The van der Waals surface area contributed by atoms with Gasteiger partial charge in [0.1, 0.15) is 11.5 Å². The van der Waals surface area contributed by atoms with Gasteiger partial charge in [-0.15, -0.1) is 0 Å². The first kappa shape index (κ1) is 20.1. The zero-order chi connectivity index (χ0) is 18.9. The van der Waals surface area contributed by atoms with Crippen molar-refractivity contribution in [2.45, 2.75) is 47.5 Å². The standard InChI is InChI=1S/C22H29IO2/c1-12-9-18(14(3)16(5)21(12)24-7)20(11-23)19-10-13(2)22(25-8)17(6)15(19)4/h9-10,20H,11H2,1-8H3. The summed E-state index contributed by atoms with van der Waals surface area (Å²) in [5.74, 6) is 2.38. The van der Waals surface area contributed by atoms with Gasteiger partial charge in [0.2, 0.25) is 0 Å². The Labute approximate surface area is 166 Å². The molecule has 0 radical (unpaired) electrons. The summed E-state index contributed by atoms with van der Waals surface area (Å²) in [5, 5.41) is 0. The largest absolute Gasteiger partial charge is 0.496 e. The molecule has 3 heteroatoms. The average molecular weight is 452 g/mol. The lowest BCUT2D eigenvalue weighted by molar-refractivity contribution is 0.407. The normalized spacial score (nSPS) is 11.1. The van der Waals surface area contributed by atoms with Crippen molar-refractivity contribution in [3.8, 4) is 11.5 Å². The van der Waals surface area contributed by atoms with Crippen molar-refractivity contribution in [3.63, 3.8) is 0 Å². The molecule has 0 unspecified atom stereocenters. The van der Waals surface area contributed by atoms with Crippen LogP contribution in [0.25, 0.3) is 0 Å². The van der Waals surface area contributed by atoms with Crippen LogP contribution in [0, 0.1) is 41.5 Å². The molecule has 0 aliphatic carbocycles. The Morgan fingerprint density at radius 3 is 1.36 bits per heavy atom. The molecule has 0 N–H and O–H groups in total. The van der Waals surface area contributed by atoms with Crippen molar-refractivity contribution in [2.24, 2.45) is 0 Å². The molecule has 2 aromatic rings. The number of aryl methyl sites for hydroxylation is 2. The molecule has 0 atom stereocenters. The Morgan fingerprint density at radius 1 is 0.720 bits per heavy atom. The van der Waals surface area contributed by atoms with Gasteiger partial charge in [-0.25, -0.2) is 0 Å². The van der Waals surface area contributed by atoms with Gasteiger partial charge in [-0.3, -0.25) is 0 Å². The summed E-state index contributed by atoms with van der Waals surface area (Å²) in [4.78, 5) is 0. The number of hydrogen-bond donors (Lipinski definition) is 0. The van der Waals surface area contributed by atoms with Crippen LogP contribution in [0.3, 0.4) is 0 Å². The van der Waals surface area contributed by atoms with E-state index in [4.69, 9.17) is 9.47 Å². The third-order valence-electron chi connectivity index (χ3n) is 5.45. The van der Waals surface area contributed by atoms with Gasteiger partial charge in [0.25, 0.3) is 0 Å². The Hall–Kier alpha value is -1.23. The number of rotatable bonds is 5. The maximum absolute atomic E-state index is 5.60. The van der Waals surface area contributed by atoms with Crippen LogP contribution >= 0.6 is 22.6 Å². The van der Waals surface area contributed by atoms with E-state index < -0.39 is 0 Å². The van der Waals surface area contributed by atoms with Crippen molar-refractivity contribution >= 4 is 22.6 Å². The lowest BCUT2D eigenvalue weighted by Crippen LogP contribution is -2.11. The maximum Gasteiger partial charge on any atom is 0.124 e. The van der Waals surface area contributed by atoms with Gasteiger partial charge in [0, 0.05) is 10.3 Å². The van der Waals surface area contributed by atoms with Crippen molar-refractivity contribution < 1.29 is 9.47 Å². The van der Waals surface area contributed by atoms with Crippen molar-refractivity contribution in [1.82, 2.24) is 0 Å². The van der Waals surface area contributed by atoms with Gasteiger partial charge in [-0.05, 0) is 86.1 Å². The Balaban J connectivity index is 2.71. The van der Waals surface area contributed by atoms with E-state index in [2.05, 4.69) is 76.3 Å². The lowest BCUT2D eigenvalue weighted by Gasteiger charge is -2.25. The molecule has 2 rings (SSSR count). The highest BCUT2D eigenvalue weighted by Gasteiger charge is 2.23. The van der Waals surface area contributed by atoms with Crippen LogP contribution in [-0.2, 0) is 0 Å². The van der Waals surface area contributed by atoms with E-state index >= 15 is 0 Å². The predicted molar refractivity (Wildman–Crippen MR) is 115 cm³/mol. The second-order valence-electron chi connectivity index (χ2n) is 6.84. The molecule has 2 aromatic carbocycles. The third kappa shape index (κ3) is 3.53. The quantitative estimate of drug-likeness (QED) is 0.402. The number of halogens is 1. The van der Waals surface area contributed by atoms with E-state index in [1.807, 2.05) is 0 Å². The molecule has 0 heterocycles. The van der Waals surface area contributed by atoms with Crippen LogP contribution in [0.2, 0.25) is 0 Å². The highest BCUT2D eigenvalue weighted by molar-refractivity contribution is 14.1. The fraction of sp³-hybridized carbons (Fsp3) is 0.455. The van der Waals surface area contributed by atoms with Crippen molar-refractivity contribution in [3.05, 3.63) is 56.6 Å². The van der Waals surface area contributed by atoms with Gasteiger partial charge in [-0.1, -0.05) is 34.7 Å². The second-order valence-corrected chi connectivity index (χ2v) is 7.72. The van der Waals surface area contributed by atoms with Gasteiger partial charge >= 0.3 is 0 Å². The Kier molecular flexibility index (Phi) is 6.41. The number of hydrogen-bond acceptors (Lipinski definition) is 2. The van der Waals surface area contributed by atoms with Crippen LogP contribution in [0.4, 0.5) is 0 Å². The number of ether oxygens (including phenoxy) is 2. The van der Waals surface area contributed by atoms with E-state index in [0.29, 0.717) is 5.92 Å². The molecule has 25 heavy (non-hydrogen) atoms. The van der Waals surface area contributed by atoms with Crippen LogP contribution in [0.15, 0.2) is 12.1 Å². The van der Waals surface area contributed by atoms with Crippen LogP contribution in [-0.4, -0.2) is 18.6 Å². The monoisotopic (exact) mass is 452 g/mol. The average Bonchev–Trinajstić information content (AvgIpc) is 2.58. The number of alkyl halides is 1. The van der Waals surface area contributed by atoms with Crippen LogP contribution in [0.5, 0.6) is 11.5 Å². The highest BCUT2D eigenvalue weighted by Crippen LogP contribution is 2.40. The minimum atomic E-state index is 0.368. The zero-order valence-electron chi connectivity index (χ0n) is 16.6. The van der Waals surface area contributed by atoms with Gasteiger partial charge < -0.3 is 9.47 Å². The molecular weight excluding hydrogens is 423 g/mol. The molecule has 0 aromatic heterocycles. The molecule has 0 aliphatic rings. The molecule has 0 bridgehead atoms. The number of methoxy groups -OCH3 is 2. The summed E-state index contributed by atoms with van der Waals surface area (Å²) < 4.78 is 12.2. The predicted octanol–water partition coefficient (Wildman–Crippen LogP) is 6.12. The maximum atomic E-state index is 5.60. The minimum Gasteiger partial charge on any atom is -0.496 e. The van der Waals surface area contributed by atoms with E-state index in [0.717, 1.165) is 15.9 Å². The number of benzene rings is 2. The minimum absolute atomic E-state index is 0.368. The molecule has 0 saturated heterocycles. The molecule has 0 saturated carbocycles. The molecule has 2 nitrogen and oxygen atoms in total. The van der Waals surface area contributed by atoms with Crippen molar-refractivity contribution in [1.29, 1.82) is 0 Å². The summed E-state index contributed by atoms with van der Waals surface area (Å²) in [7, 11) is 3.51. The third-order valence-corrected chi connectivity index (χ3v) is 6.33. The molecule has 0 amide bonds. The zero-order valence-corrected chi connectivity index (χ0v) is 18.8. The molecule has 0 aliphatic heterocycles. The van der Waals surface area contributed by atoms with E-state index in [9.17, 15) is 0 Å². The summed E-state index contributed by atoms with van der Waals surface area (Å²) in [6.45, 7) is 13.0. The molecule has 0 spiro atoms. The SMILES string of the molecule is COc1c(C)cc(C(CI)c2cc(C)c(OC)c(C)c2C)c(C)c1C. The fourth-order valence-corrected chi connectivity index (χ4v) is 4.81. The Bertz CT molecular complexity index is 728. The van der Waals surface area contributed by atoms with E-state index in [1.54, 1.807) is 14.2 Å². The summed E-state index contributed by atoms with van der Waals surface area (Å²) in [6, 6.07) is 4.61. The Morgan fingerprint density at radius 2 is 1.08 bits per heavy atom. The lowest BCUT2D eigenvalue weighted by atomic mass is 9.83. The van der Waals surface area contributed by atoms with Crippen LogP contribution < -0.4 is 9.47 Å². The van der Waals surface area contributed by atoms with Crippen molar-refractivity contribution in [2.75, 3.05) is 18.6 Å². The van der Waals surface area contributed by atoms with Gasteiger partial charge in [0.15, 0.2) is 0 Å². The molecule has 0 fully saturated rings. The fourth-order valence-electron chi connectivity index (χ4n) is 3.87. The first-order valence-electron chi connectivity index (χ1n) is 8.63. The summed E-state index contributed by atoms with van der Waals surface area (Å²) >= 11 is 2.51. The van der Waals surface area contributed by atoms with Gasteiger partial charge in [-0.2, -0.15) is 0 Å².